The lowest BCUT2D eigenvalue weighted by Crippen LogP contribution is -2.55. The van der Waals surface area contributed by atoms with Crippen LogP contribution in [-0.2, 0) is 11.2 Å². The molecule has 1 aromatic rings. The number of carbonyl (C=O) groups excluding carboxylic acids is 1. The Labute approximate surface area is 156 Å². The number of rotatable bonds is 6. The zero-order valence-corrected chi connectivity index (χ0v) is 16.0. The molecule has 1 unspecified atom stereocenters. The van der Waals surface area contributed by atoms with E-state index >= 15 is 0 Å². The lowest BCUT2D eigenvalue weighted by molar-refractivity contribution is -0.147. The summed E-state index contributed by atoms with van der Waals surface area (Å²) in [6.07, 6.45) is 7.70. The molecular formula is C22H31NO3. The number of nitrogens with one attached hydrogen (secondary N) is 1. The van der Waals surface area contributed by atoms with Gasteiger partial charge in [-0.15, -0.1) is 0 Å². The van der Waals surface area contributed by atoms with Crippen molar-refractivity contribution >= 4 is 5.91 Å². The molecule has 4 aliphatic rings. The van der Waals surface area contributed by atoms with Gasteiger partial charge in [0.25, 0.3) is 0 Å². The molecule has 4 heteroatoms. The lowest BCUT2D eigenvalue weighted by atomic mass is 9.49. The van der Waals surface area contributed by atoms with E-state index in [1.807, 2.05) is 24.3 Å². The summed E-state index contributed by atoms with van der Waals surface area (Å²) in [4.78, 5) is 13.0. The van der Waals surface area contributed by atoms with E-state index in [-0.39, 0.29) is 11.3 Å². The highest BCUT2D eigenvalue weighted by molar-refractivity contribution is 5.83. The minimum Gasteiger partial charge on any atom is -0.497 e. The Morgan fingerprint density at radius 3 is 2.19 bits per heavy atom. The highest BCUT2D eigenvalue weighted by Gasteiger charge is 2.54. The Bertz CT molecular complexity index is 629. The molecule has 4 aliphatic carbocycles. The molecule has 1 amide bonds. The van der Waals surface area contributed by atoms with Crippen LogP contribution in [0, 0.1) is 23.2 Å². The Kier molecular flexibility index (Phi) is 4.50. The number of aliphatic hydroxyl groups is 1. The minimum absolute atomic E-state index is 0.148. The summed E-state index contributed by atoms with van der Waals surface area (Å²) in [5.41, 5.74) is -0.0582. The van der Waals surface area contributed by atoms with Gasteiger partial charge in [-0.25, -0.2) is 0 Å². The van der Waals surface area contributed by atoms with Crippen LogP contribution in [-0.4, -0.2) is 30.3 Å². The van der Waals surface area contributed by atoms with Gasteiger partial charge in [0.2, 0.25) is 5.91 Å². The summed E-state index contributed by atoms with van der Waals surface area (Å²) in [5, 5.41) is 13.9. The van der Waals surface area contributed by atoms with Crippen molar-refractivity contribution in [2.24, 2.45) is 23.2 Å². The molecule has 0 aliphatic heterocycles. The third kappa shape index (κ3) is 3.48. The monoisotopic (exact) mass is 357 g/mol. The van der Waals surface area contributed by atoms with Crippen LogP contribution in [0.3, 0.4) is 0 Å². The SMILES string of the molecule is COc1ccc(CC(C)(O)CNC(=O)C23CC4CC(CC(C4)C2)C3)cc1. The van der Waals surface area contributed by atoms with Crippen molar-refractivity contribution in [3.05, 3.63) is 29.8 Å². The first-order chi connectivity index (χ1) is 12.4. The van der Waals surface area contributed by atoms with Crippen LogP contribution in [0.2, 0.25) is 0 Å². The molecule has 4 saturated carbocycles. The Morgan fingerprint density at radius 1 is 1.15 bits per heavy atom. The van der Waals surface area contributed by atoms with Gasteiger partial charge in [-0.3, -0.25) is 4.79 Å². The van der Waals surface area contributed by atoms with Crippen molar-refractivity contribution < 1.29 is 14.6 Å². The predicted octanol–water partition coefficient (Wildman–Crippen LogP) is 3.32. The average molecular weight is 357 g/mol. The van der Waals surface area contributed by atoms with Gasteiger partial charge in [-0.1, -0.05) is 12.1 Å². The molecular weight excluding hydrogens is 326 g/mol. The second kappa shape index (κ2) is 6.56. The fourth-order valence-corrected chi connectivity index (χ4v) is 6.09. The van der Waals surface area contributed by atoms with E-state index in [1.165, 1.54) is 19.3 Å². The molecule has 0 spiro atoms. The van der Waals surface area contributed by atoms with Gasteiger partial charge in [0, 0.05) is 18.4 Å². The first kappa shape index (κ1) is 17.8. The summed E-state index contributed by atoms with van der Waals surface area (Å²) >= 11 is 0. The molecule has 142 valence electrons. The number of amides is 1. The first-order valence-electron chi connectivity index (χ1n) is 10.0. The third-order valence-corrected chi connectivity index (χ3v) is 6.89. The minimum atomic E-state index is -0.952. The maximum Gasteiger partial charge on any atom is 0.226 e. The Hall–Kier alpha value is -1.55. The van der Waals surface area contributed by atoms with Gasteiger partial charge in [-0.2, -0.15) is 0 Å². The standard InChI is InChI=1S/C22H31NO3/c1-21(25,10-15-3-5-19(26-2)6-4-15)14-23-20(24)22-11-16-7-17(12-22)9-18(8-16)13-22/h3-6,16-18,25H,7-14H2,1-2H3,(H,23,24). The van der Waals surface area contributed by atoms with Crippen LogP contribution in [0.25, 0.3) is 0 Å². The van der Waals surface area contributed by atoms with Crippen LogP contribution in [0.1, 0.15) is 51.0 Å². The zero-order valence-electron chi connectivity index (χ0n) is 16.0. The van der Waals surface area contributed by atoms with E-state index in [4.69, 9.17) is 4.74 Å². The van der Waals surface area contributed by atoms with Gasteiger partial charge in [0.15, 0.2) is 0 Å². The van der Waals surface area contributed by atoms with Crippen molar-refractivity contribution in [3.63, 3.8) is 0 Å². The van der Waals surface area contributed by atoms with E-state index < -0.39 is 5.60 Å². The maximum atomic E-state index is 13.0. The molecule has 2 N–H and O–H groups in total. The molecule has 26 heavy (non-hydrogen) atoms. The number of methoxy groups -OCH3 is 1. The molecule has 1 aromatic carbocycles. The van der Waals surface area contributed by atoms with Crippen LogP contribution in [0.15, 0.2) is 24.3 Å². The fourth-order valence-electron chi connectivity index (χ4n) is 6.09. The second-order valence-electron chi connectivity index (χ2n) is 9.40. The normalized spacial score (nSPS) is 34.3. The van der Waals surface area contributed by atoms with Crippen LogP contribution in [0.4, 0.5) is 0 Å². The maximum absolute atomic E-state index is 13.0. The Balaban J connectivity index is 1.36. The molecule has 4 bridgehead atoms. The smallest absolute Gasteiger partial charge is 0.226 e. The summed E-state index contributed by atoms with van der Waals surface area (Å²) in [6, 6.07) is 7.74. The lowest BCUT2D eigenvalue weighted by Gasteiger charge is -2.55. The van der Waals surface area contributed by atoms with E-state index in [1.54, 1.807) is 14.0 Å². The summed E-state index contributed by atoms with van der Waals surface area (Å²) in [5.74, 6) is 3.26. The summed E-state index contributed by atoms with van der Waals surface area (Å²) in [7, 11) is 1.64. The van der Waals surface area contributed by atoms with E-state index in [9.17, 15) is 9.90 Å². The fraction of sp³-hybridized carbons (Fsp3) is 0.682. The molecule has 0 saturated heterocycles. The van der Waals surface area contributed by atoms with Crippen LogP contribution < -0.4 is 10.1 Å². The molecule has 0 heterocycles. The number of hydrogen-bond donors (Lipinski definition) is 2. The number of benzene rings is 1. The predicted molar refractivity (Wildman–Crippen MR) is 101 cm³/mol. The average Bonchev–Trinajstić information content (AvgIpc) is 2.59. The highest BCUT2D eigenvalue weighted by atomic mass is 16.5. The van der Waals surface area contributed by atoms with Crippen molar-refractivity contribution in [1.82, 2.24) is 5.32 Å². The largest absolute Gasteiger partial charge is 0.497 e. The topological polar surface area (TPSA) is 58.6 Å². The second-order valence-corrected chi connectivity index (χ2v) is 9.40. The van der Waals surface area contributed by atoms with Crippen molar-refractivity contribution in [3.8, 4) is 5.75 Å². The van der Waals surface area contributed by atoms with Gasteiger partial charge in [0.05, 0.1) is 12.7 Å². The molecule has 1 atom stereocenters. The number of hydrogen-bond acceptors (Lipinski definition) is 3. The van der Waals surface area contributed by atoms with E-state index in [0.717, 1.165) is 48.3 Å². The first-order valence-corrected chi connectivity index (χ1v) is 10.0. The quantitative estimate of drug-likeness (QED) is 0.821. The van der Waals surface area contributed by atoms with Gasteiger partial charge in [-0.05, 0) is 80.9 Å². The van der Waals surface area contributed by atoms with Crippen LogP contribution >= 0.6 is 0 Å². The Morgan fingerprint density at radius 2 is 1.69 bits per heavy atom. The molecule has 4 fully saturated rings. The number of carbonyl (C=O) groups is 1. The van der Waals surface area contributed by atoms with Crippen molar-refractivity contribution in [2.45, 2.75) is 57.5 Å². The van der Waals surface area contributed by atoms with E-state index in [2.05, 4.69) is 5.32 Å². The van der Waals surface area contributed by atoms with E-state index in [0.29, 0.717) is 13.0 Å². The summed E-state index contributed by atoms with van der Waals surface area (Å²) in [6.45, 7) is 2.11. The third-order valence-electron chi connectivity index (χ3n) is 6.89. The zero-order chi connectivity index (χ0) is 18.4. The molecule has 0 radical (unpaired) electrons. The van der Waals surface area contributed by atoms with Crippen molar-refractivity contribution in [1.29, 1.82) is 0 Å². The summed E-state index contributed by atoms with van der Waals surface area (Å²) < 4.78 is 5.18. The van der Waals surface area contributed by atoms with Gasteiger partial charge < -0.3 is 15.2 Å². The molecule has 5 rings (SSSR count). The van der Waals surface area contributed by atoms with Gasteiger partial charge in [0.1, 0.15) is 5.75 Å². The van der Waals surface area contributed by atoms with Crippen LogP contribution in [0.5, 0.6) is 5.75 Å². The molecule has 0 aromatic heterocycles. The molecule has 4 nitrogen and oxygen atoms in total. The van der Waals surface area contributed by atoms with Crippen molar-refractivity contribution in [2.75, 3.05) is 13.7 Å². The van der Waals surface area contributed by atoms with Gasteiger partial charge >= 0.3 is 0 Å². The number of ether oxygens (including phenoxy) is 1. The highest BCUT2D eigenvalue weighted by Crippen LogP contribution is 2.60.